The first-order valence-electron chi connectivity index (χ1n) is 9.45. The summed E-state index contributed by atoms with van der Waals surface area (Å²) in [7, 11) is 0. The Kier molecular flexibility index (Phi) is 4.88. The fourth-order valence-corrected chi connectivity index (χ4v) is 3.30. The average Bonchev–Trinajstić information content (AvgIpc) is 3.10. The molecule has 4 nitrogen and oxygen atoms in total. The molecule has 136 valence electrons. The summed E-state index contributed by atoms with van der Waals surface area (Å²) in [6, 6.07) is 20.8. The van der Waals surface area contributed by atoms with Crippen LogP contribution in [0.3, 0.4) is 0 Å². The van der Waals surface area contributed by atoms with E-state index in [4.69, 9.17) is 0 Å². The number of benzene rings is 2. The van der Waals surface area contributed by atoms with Crippen LogP contribution in [0, 0.1) is 5.92 Å². The van der Waals surface area contributed by atoms with Gasteiger partial charge in [-0.1, -0.05) is 62.4 Å². The first-order chi connectivity index (χ1) is 13.2. The van der Waals surface area contributed by atoms with Crippen LogP contribution >= 0.6 is 0 Å². The van der Waals surface area contributed by atoms with Gasteiger partial charge in [0.1, 0.15) is 12.1 Å². The minimum atomic E-state index is 0.650. The minimum absolute atomic E-state index is 0.650. The van der Waals surface area contributed by atoms with E-state index in [1.165, 1.54) is 5.56 Å². The average molecular weight is 356 g/mol. The van der Waals surface area contributed by atoms with Gasteiger partial charge in [-0.3, -0.25) is 0 Å². The molecule has 0 unspecified atom stereocenters. The lowest BCUT2D eigenvalue weighted by Crippen LogP contribution is -2.07. The smallest absolute Gasteiger partial charge is 0.150 e. The van der Waals surface area contributed by atoms with Crippen LogP contribution in [0.2, 0.25) is 0 Å². The molecule has 0 saturated carbocycles. The van der Waals surface area contributed by atoms with Gasteiger partial charge in [-0.05, 0) is 30.0 Å². The number of rotatable bonds is 6. The molecule has 0 amide bonds. The molecule has 0 aliphatic rings. The van der Waals surface area contributed by atoms with Crippen molar-refractivity contribution in [3.63, 3.8) is 0 Å². The maximum Gasteiger partial charge on any atom is 0.150 e. The first kappa shape index (κ1) is 17.3. The quantitative estimate of drug-likeness (QED) is 0.493. The molecule has 0 saturated heterocycles. The number of fused-ring (bicyclic) bond motifs is 1. The van der Waals surface area contributed by atoms with Gasteiger partial charge in [0, 0.05) is 24.0 Å². The number of aromatic nitrogens is 3. The number of para-hydroxylation sites is 1. The molecule has 2 aromatic heterocycles. The molecular formula is C23H24N4. The van der Waals surface area contributed by atoms with E-state index in [2.05, 4.69) is 76.3 Å². The van der Waals surface area contributed by atoms with Crippen molar-refractivity contribution >= 4 is 16.9 Å². The zero-order valence-corrected chi connectivity index (χ0v) is 15.8. The van der Waals surface area contributed by atoms with Crippen molar-refractivity contribution in [3.8, 4) is 16.8 Å². The van der Waals surface area contributed by atoms with Crippen LogP contribution in [0.1, 0.15) is 20.3 Å². The normalized spacial score (nSPS) is 11.2. The summed E-state index contributed by atoms with van der Waals surface area (Å²) in [5.41, 5.74) is 4.32. The molecule has 2 heterocycles. The second kappa shape index (κ2) is 7.62. The van der Waals surface area contributed by atoms with Gasteiger partial charge in [-0.15, -0.1) is 0 Å². The Morgan fingerprint density at radius 3 is 2.33 bits per heavy atom. The van der Waals surface area contributed by atoms with E-state index in [0.29, 0.717) is 5.92 Å². The number of anilines is 1. The van der Waals surface area contributed by atoms with E-state index in [-0.39, 0.29) is 0 Å². The Labute approximate surface area is 159 Å². The first-order valence-corrected chi connectivity index (χ1v) is 9.45. The lowest BCUT2D eigenvalue weighted by Gasteiger charge is -2.10. The lowest BCUT2D eigenvalue weighted by molar-refractivity contribution is 0.607. The number of hydrogen-bond donors (Lipinski definition) is 1. The maximum absolute atomic E-state index is 4.62. The van der Waals surface area contributed by atoms with Crippen molar-refractivity contribution in [3.05, 3.63) is 73.2 Å². The molecule has 1 N–H and O–H groups in total. The molecule has 27 heavy (non-hydrogen) atoms. The van der Waals surface area contributed by atoms with Crippen LogP contribution in [-0.2, 0) is 0 Å². The van der Waals surface area contributed by atoms with Crippen molar-refractivity contribution in [1.82, 2.24) is 14.5 Å². The molecule has 0 aliphatic heterocycles. The van der Waals surface area contributed by atoms with Gasteiger partial charge in [0.25, 0.3) is 0 Å². The fraction of sp³-hybridized carbons (Fsp3) is 0.217. The van der Waals surface area contributed by atoms with Crippen molar-refractivity contribution < 1.29 is 0 Å². The molecule has 4 aromatic rings. The largest absolute Gasteiger partial charge is 0.369 e. The van der Waals surface area contributed by atoms with Gasteiger partial charge in [-0.2, -0.15) is 0 Å². The molecule has 4 heteroatoms. The predicted octanol–water partition coefficient (Wildman–Crippen LogP) is 5.55. The predicted molar refractivity (Wildman–Crippen MR) is 112 cm³/mol. The highest BCUT2D eigenvalue weighted by molar-refractivity contribution is 6.02. The summed E-state index contributed by atoms with van der Waals surface area (Å²) in [6.07, 6.45) is 4.91. The summed E-state index contributed by atoms with van der Waals surface area (Å²) >= 11 is 0. The van der Waals surface area contributed by atoms with Crippen molar-refractivity contribution in [2.24, 2.45) is 5.92 Å². The molecule has 0 aliphatic carbocycles. The Hall–Kier alpha value is -3.14. The monoisotopic (exact) mass is 356 g/mol. The van der Waals surface area contributed by atoms with Crippen LogP contribution in [0.25, 0.3) is 27.8 Å². The Bertz CT molecular complexity index is 1020. The molecule has 2 aromatic carbocycles. The van der Waals surface area contributed by atoms with Crippen LogP contribution < -0.4 is 5.32 Å². The second-order valence-electron chi connectivity index (χ2n) is 7.14. The van der Waals surface area contributed by atoms with Crippen molar-refractivity contribution in [1.29, 1.82) is 0 Å². The fourth-order valence-electron chi connectivity index (χ4n) is 3.30. The molecule has 0 fully saturated rings. The number of nitrogens with one attached hydrogen (secondary N) is 1. The summed E-state index contributed by atoms with van der Waals surface area (Å²) in [4.78, 5) is 9.18. The van der Waals surface area contributed by atoms with Gasteiger partial charge in [-0.25, -0.2) is 9.97 Å². The van der Waals surface area contributed by atoms with Crippen molar-refractivity contribution in [2.75, 3.05) is 11.9 Å². The van der Waals surface area contributed by atoms with E-state index < -0.39 is 0 Å². The molecule has 0 spiro atoms. The SMILES string of the molecule is CC(C)CCNc1ncnc2c1c(-c1ccccc1)cn2-c1ccccc1. The number of hydrogen-bond acceptors (Lipinski definition) is 3. The second-order valence-corrected chi connectivity index (χ2v) is 7.14. The van der Waals surface area contributed by atoms with Gasteiger partial charge >= 0.3 is 0 Å². The van der Waals surface area contributed by atoms with Crippen molar-refractivity contribution in [2.45, 2.75) is 20.3 Å². The molecule has 0 atom stereocenters. The highest BCUT2D eigenvalue weighted by atomic mass is 15.1. The van der Waals surface area contributed by atoms with Crippen LogP contribution in [0.5, 0.6) is 0 Å². The van der Waals surface area contributed by atoms with E-state index in [9.17, 15) is 0 Å². The maximum atomic E-state index is 4.62. The van der Waals surface area contributed by atoms with Crippen LogP contribution in [0.4, 0.5) is 5.82 Å². The molecule has 4 rings (SSSR count). The summed E-state index contributed by atoms with van der Waals surface area (Å²) in [5.74, 6) is 1.55. The van der Waals surface area contributed by atoms with E-state index >= 15 is 0 Å². The molecular weight excluding hydrogens is 332 g/mol. The van der Waals surface area contributed by atoms with Crippen LogP contribution in [-0.4, -0.2) is 21.1 Å². The minimum Gasteiger partial charge on any atom is -0.369 e. The van der Waals surface area contributed by atoms with Gasteiger partial charge in [0.05, 0.1) is 5.39 Å². The Morgan fingerprint density at radius 1 is 0.926 bits per heavy atom. The summed E-state index contributed by atoms with van der Waals surface area (Å²) in [5, 5.41) is 4.60. The standard InChI is InChI=1S/C23H24N4/c1-17(2)13-14-24-22-21-20(18-9-5-3-6-10-18)15-27(23(21)26-16-25-22)19-11-7-4-8-12-19/h3-12,15-17H,13-14H2,1-2H3,(H,24,25,26). The van der Waals surface area contributed by atoms with Gasteiger partial charge < -0.3 is 9.88 Å². The number of nitrogens with zero attached hydrogens (tertiary/aromatic N) is 3. The Balaban J connectivity index is 1.89. The third-order valence-corrected chi connectivity index (χ3v) is 4.72. The Morgan fingerprint density at radius 2 is 1.63 bits per heavy atom. The zero-order valence-electron chi connectivity index (χ0n) is 15.8. The van der Waals surface area contributed by atoms with E-state index in [1.807, 2.05) is 24.3 Å². The molecule has 0 radical (unpaired) electrons. The van der Waals surface area contributed by atoms with E-state index in [0.717, 1.165) is 41.1 Å². The highest BCUT2D eigenvalue weighted by Crippen LogP contribution is 2.35. The lowest BCUT2D eigenvalue weighted by atomic mass is 10.1. The zero-order chi connectivity index (χ0) is 18.6. The van der Waals surface area contributed by atoms with Gasteiger partial charge in [0.15, 0.2) is 5.65 Å². The third-order valence-electron chi connectivity index (χ3n) is 4.72. The highest BCUT2D eigenvalue weighted by Gasteiger charge is 2.17. The summed E-state index contributed by atoms with van der Waals surface area (Å²) in [6.45, 7) is 5.37. The van der Waals surface area contributed by atoms with Gasteiger partial charge in [0.2, 0.25) is 0 Å². The third kappa shape index (κ3) is 3.56. The summed E-state index contributed by atoms with van der Waals surface area (Å²) < 4.78 is 2.15. The van der Waals surface area contributed by atoms with Crippen LogP contribution in [0.15, 0.2) is 73.2 Å². The molecule has 0 bridgehead atoms. The topological polar surface area (TPSA) is 42.7 Å². The van der Waals surface area contributed by atoms with E-state index in [1.54, 1.807) is 6.33 Å².